The molecule has 0 bridgehead atoms. The van der Waals surface area contributed by atoms with Crippen molar-refractivity contribution in [2.24, 2.45) is 0 Å². The van der Waals surface area contributed by atoms with Gasteiger partial charge in [-0.3, -0.25) is 0 Å². The summed E-state index contributed by atoms with van der Waals surface area (Å²) in [4.78, 5) is 2.19. The van der Waals surface area contributed by atoms with Crippen molar-refractivity contribution in [1.29, 1.82) is 0 Å². The molecule has 0 unspecified atom stereocenters. The molecule has 0 heterocycles. The molecule has 4 heteroatoms. The van der Waals surface area contributed by atoms with E-state index in [-0.39, 0.29) is 6.61 Å². The van der Waals surface area contributed by atoms with Crippen LogP contribution in [0.5, 0.6) is 0 Å². The van der Waals surface area contributed by atoms with Crippen LogP contribution in [-0.2, 0) is 6.54 Å². The Morgan fingerprint density at radius 1 is 1.25 bits per heavy atom. The number of rotatable bonds is 6. The van der Waals surface area contributed by atoms with Crippen molar-refractivity contribution >= 4 is 23.2 Å². The van der Waals surface area contributed by atoms with Crippen molar-refractivity contribution in [3.05, 3.63) is 33.8 Å². The molecule has 0 aliphatic carbocycles. The Kier molecular flexibility index (Phi) is 6.14. The first-order chi connectivity index (χ1) is 7.63. The predicted molar refractivity (Wildman–Crippen MR) is 69.1 cm³/mol. The van der Waals surface area contributed by atoms with E-state index in [1.54, 1.807) is 6.07 Å². The molecule has 0 aromatic heterocycles. The Labute approximate surface area is 107 Å². The first-order valence-electron chi connectivity index (χ1n) is 5.37. The van der Waals surface area contributed by atoms with Gasteiger partial charge in [-0.2, -0.15) is 0 Å². The molecule has 0 aliphatic rings. The Bertz CT molecular complexity index is 331. The Morgan fingerprint density at radius 2 is 2.00 bits per heavy atom. The SMILES string of the molecule is CN(CCCCO)Cc1ccc(Cl)cc1Cl. The second-order valence-electron chi connectivity index (χ2n) is 3.90. The molecule has 0 atom stereocenters. The first-order valence-corrected chi connectivity index (χ1v) is 6.12. The van der Waals surface area contributed by atoms with Crippen molar-refractivity contribution in [3.63, 3.8) is 0 Å². The summed E-state index contributed by atoms with van der Waals surface area (Å²) < 4.78 is 0. The van der Waals surface area contributed by atoms with E-state index in [0.29, 0.717) is 10.0 Å². The van der Waals surface area contributed by atoms with E-state index < -0.39 is 0 Å². The van der Waals surface area contributed by atoms with E-state index >= 15 is 0 Å². The van der Waals surface area contributed by atoms with Crippen LogP contribution < -0.4 is 0 Å². The molecule has 0 fully saturated rings. The lowest BCUT2D eigenvalue weighted by molar-refractivity contribution is 0.261. The number of hydrogen-bond donors (Lipinski definition) is 1. The molecule has 1 N–H and O–H groups in total. The highest BCUT2D eigenvalue weighted by Crippen LogP contribution is 2.21. The van der Waals surface area contributed by atoms with Crippen LogP contribution in [0.2, 0.25) is 10.0 Å². The molecule has 0 radical (unpaired) electrons. The maximum atomic E-state index is 8.69. The van der Waals surface area contributed by atoms with E-state index in [0.717, 1.165) is 31.5 Å². The molecule has 1 aromatic rings. The van der Waals surface area contributed by atoms with Crippen LogP contribution in [0.25, 0.3) is 0 Å². The zero-order chi connectivity index (χ0) is 12.0. The molecule has 0 saturated carbocycles. The van der Waals surface area contributed by atoms with E-state index in [1.165, 1.54) is 0 Å². The highest BCUT2D eigenvalue weighted by molar-refractivity contribution is 6.35. The van der Waals surface area contributed by atoms with Gasteiger partial charge >= 0.3 is 0 Å². The summed E-state index contributed by atoms with van der Waals surface area (Å²) in [7, 11) is 2.04. The minimum Gasteiger partial charge on any atom is -0.396 e. The van der Waals surface area contributed by atoms with Crippen LogP contribution in [0, 0.1) is 0 Å². The Hall–Kier alpha value is -0.280. The van der Waals surface area contributed by atoms with Gasteiger partial charge in [0.2, 0.25) is 0 Å². The van der Waals surface area contributed by atoms with E-state index in [2.05, 4.69) is 4.90 Å². The Balaban J connectivity index is 2.46. The van der Waals surface area contributed by atoms with Gasteiger partial charge in [0.1, 0.15) is 0 Å². The zero-order valence-corrected chi connectivity index (χ0v) is 10.9. The third-order valence-electron chi connectivity index (χ3n) is 2.40. The number of hydrogen-bond acceptors (Lipinski definition) is 2. The minimum atomic E-state index is 0.259. The van der Waals surface area contributed by atoms with Crippen molar-refractivity contribution in [2.75, 3.05) is 20.2 Å². The second-order valence-corrected chi connectivity index (χ2v) is 4.75. The van der Waals surface area contributed by atoms with Crippen molar-refractivity contribution in [3.8, 4) is 0 Å². The van der Waals surface area contributed by atoms with Gasteiger partial charge in [-0.1, -0.05) is 29.3 Å². The van der Waals surface area contributed by atoms with E-state index in [9.17, 15) is 0 Å². The van der Waals surface area contributed by atoms with Gasteiger partial charge in [-0.25, -0.2) is 0 Å². The van der Waals surface area contributed by atoms with Crippen molar-refractivity contribution in [1.82, 2.24) is 4.90 Å². The van der Waals surface area contributed by atoms with Crippen LogP contribution in [0.1, 0.15) is 18.4 Å². The molecular formula is C12H17Cl2NO. The number of unbranched alkanes of at least 4 members (excludes halogenated alkanes) is 1. The fourth-order valence-electron chi connectivity index (χ4n) is 1.51. The van der Waals surface area contributed by atoms with Gasteiger partial charge in [-0.05, 0) is 44.1 Å². The van der Waals surface area contributed by atoms with E-state index in [1.807, 2.05) is 19.2 Å². The molecule has 0 amide bonds. The molecule has 1 rings (SSSR count). The molecule has 2 nitrogen and oxygen atoms in total. The van der Waals surface area contributed by atoms with E-state index in [4.69, 9.17) is 28.3 Å². The maximum absolute atomic E-state index is 8.69. The third-order valence-corrected chi connectivity index (χ3v) is 2.99. The molecule has 0 spiro atoms. The fraction of sp³-hybridized carbons (Fsp3) is 0.500. The molecule has 90 valence electrons. The average molecular weight is 262 g/mol. The number of benzene rings is 1. The van der Waals surface area contributed by atoms with Crippen LogP contribution in [-0.4, -0.2) is 30.2 Å². The number of nitrogens with zero attached hydrogens (tertiary/aromatic N) is 1. The highest BCUT2D eigenvalue weighted by atomic mass is 35.5. The minimum absolute atomic E-state index is 0.259. The van der Waals surface area contributed by atoms with Crippen LogP contribution in [0.15, 0.2) is 18.2 Å². The fourth-order valence-corrected chi connectivity index (χ4v) is 1.98. The van der Waals surface area contributed by atoms with Gasteiger partial charge in [0, 0.05) is 23.2 Å². The predicted octanol–water partition coefficient (Wildman–Crippen LogP) is 3.20. The molecular weight excluding hydrogens is 245 g/mol. The summed E-state index contributed by atoms with van der Waals surface area (Å²) in [6.07, 6.45) is 1.84. The molecule has 0 aliphatic heterocycles. The maximum Gasteiger partial charge on any atom is 0.0465 e. The summed E-state index contributed by atoms with van der Waals surface area (Å²) in [6, 6.07) is 5.57. The summed E-state index contributed by atoms with van der Waals surface area (Å²) in [5.41, 5.74) is 1.08. The van der Waals surface area contributed by atoms with Crippen LogP contribution >= 0.6 is 23.2 Å². The zero-order valence-electron chi connectivity index (χ0n) is 9.42. The lowest BCUT2D eigenvalue weighted by Crippen LogP contribution is -2.19. The first kappa shape index (κ1) is 13.8. The summed E-state index contributed by atoms with van der Waals surface area (Å²) in [5, 5.41) is 10.1. The number of aliphatic hydroxyl groups excluding tert-OH is 1. The van der Waals surface area contributed by atoms with Gasteiger partial charge in [0.15, 0.2) is 0 Å². The highest BCUT2D eigenvalue weighted by Gasteiger charge is 2.04. The summed E-state index contributed by atoms with van der Waals surface area (Å²) in [5.74, 6) is 0. The van der Waals surface area contributed by atoms with Gasteiger partial charge < -0.3 is 10.0 Å². The smallest absolute Gasteiger partial charge is 0.0465 e. The van der Waals surface area contributed by atoms with Gasteiger partial charge in [0.25, 0.3) is 0 Å². The topological polar surface area (TPSA) is 23.5 Å². The molecule has 1 aromatic carbocycles. The third kappa shape index (κ3) is 4.71. The Morgan fingerprint density at radius 3 is 2.62 bits per heavy atom. The van der Waals surface area contributed by atoms with Crippen LogP contribution in [0.4, 0.5) is 0 Å². The number of halogens is 2. The van der Waals surface area contributed by atoms with Gasteiger partial charge in [0.05, 0.1) is 0 Å². The van der Waals surface area contributed by atoms with Crippen molar-refractivity contribution < 1.29 is 5.11 Å². The number of aliphatic hydroxyl groups is 1. The average Bonchev–Trinajstić information content (AvgIpc) is 2.23. The van der Waals surface area contributed by atoms with Crippen molar-refractivity contribution in [2.45, 2.75) is 19.4 Å². The van der Waals surface area contributed by atoms with Gasteiger partial charge in [-0.15, -0.1) is 0 Å². The molecule has 16 heavy (non-hydrogen) atoms. The molecule has 0 saturated heterocycles. The van der Waals surface area contributed by atoms with Crippen LogP contribution in [0.3, 0.4) is 0 Å². The normalized spacial score (nSPS) is 11.1. The standard InChI is InChI=1S/C12H17Cl2NO/c1-15(6-2-3-7-16)9-10-4-5-11(13)8-12(10)14/h4-5,8,16H,2-3,6-7,9H2,1H3. The lowest BCUT2D eigenvalue weighted by atomic mass is 10.2. The summed E-state index contributed by atoms with van der Waals surface area (Å²) >= 11 is 11.9. The monoisotopic (exact) mass is 261 g/mol. The lowest BCUT2D eigenvalue weighted by Gasteiger charge is -2.17. The second kappa shape index (κ2) is 7.13. The largest absolute Gasteiger partial charge is 0.396 e. The summed E-state index contributed by atoms with van der Waals surface area (Å²) in [6.45, 7) is 2.02. The quantitative estimate of drug-likeness (QED) is 0.796.